The van der Waals surface area contributed by atoms with Gasteiger partial charge in [-0.3, -0.25) is 4.79 Å². The minimum absolute atomic E-state index is 0.163. The van der Waals surface area contributed by atoms with Gasteiger partial charge in [0.1, 0.15) is 0 Å². The maximum atomic E-state index is 13.0. The molecule has 0 N–H and O–H groups in total. The second-order valence-corrected chi connectivity index (χ2v) is 11.1. The van der Waals surface area contributed by atoms with Crippen molar-refractivity contribution in [2.75, 3.05) is 20.2 Å². The molecule has 1 aliphatic heterocycles. The summed E-state index contributed by atoms with van der Waals surface area (Å²) >= 11 is 1.23. The second kappa shape index (κ2) is 10.6. The van der Waals surface area contributed by atoms with Crippen LogP contribution in [0.5, 0.6) is 0 Å². The topological polar surface area (TPSA) is 98.0 Å². The van der Waals surface area contributed by atoms with Crippen LogP contribution in [0.2, 0.25) is 0 Å². The van der Waals surface area contributed by atoms with E-state index in [1.807, 2.05) is 0 Å². The van der Waals surface area contributed by atoms with Crippen molar-refractivity contribution in [1.82, 2.24) is 8.87 Å². The van der Waals surface area contributed by atoms with Gasteiger partial charge in [0.2, 0.25) is 10.0 Å². The van der Waals surface area contributed by atoms with E-state index < -0.39 is 21.9 Å². The average molecular weight is 512 g/mol. The lowest BCUT2D eigenvalue weighted by Gasteiger charge is -2.19. The molecule has 0 bridgehead atoms. The number of carbonyl (C=O) groups is 2. The van der Waals surface area contributed by atoms with Crippen LogP contribution < -0.4 is 4.80 Å². The minimum atomic E-state index is -3.60. The predicted octanol–water partition coefficient (Wildman–Crippen LogP) is 3.43. The molecular weight excluding hydrogens is 486 g/mol. The van der Waals surface area contributed by atoms with Gasteiger partial charge in [-0.2, -0.15) is 9.30 Å². The van der Waals surface area contributed by atoms with E-state index >= 15 is 0 Å². The van der Waals surface area contributed by atoms with Crippen LogP contribution >= 0.6 is 11.3 Å². The third kappa shape index (κ3) is 5.22. The number of carbonyl (C=O) groups excluding carboxylic acids is 2. The van der Waals surface area contributed by atoms with Gasteiger partial charge in [-0.15, -0.1) is 6.42 Å². The number of aromatic nitrogens is 1. The van der Waals surface area contributed by atoms with Crippen molar-refractivity contribution in [2.45, 2.75) is 37.1 Å². The zero-order chi connectivity index (χ0) is 25.0. The highest BCUT2D eigenvalue weighted by molar-refractivity contribution is 7.89. The molecule has 0 atom stereocenters. The molecule has 0 unspecified atom stereocenters. The Hall–Kier alpha value is -3.26. The SMILES string of the molecule is C#CCn1c(=NC(=O)c2ccc(S(=O)(=O)N3CCCCCC3)cc2)sc2cc(C(=O)OC)ccc21. The Morgan fingerprint density at radius 2 is 1.71 bits per heavy atom. The highest BCUT2D eigenvalue weighted by Crippen LogP contribution is 2.22. The molecule has 1 aromatic heterocycles. The summed E-state index contributed by atoms with van der Waals surface area (Å²) in [5.74, 6) is 1.58. The van der Waals surface area contributed by atoms with Gasteiger partial charge in [0.15, 0.2) is 4.80 Å². The van der Waals surface area contributed by atoms with E-state index in [-0.39, 0.29) is 17.0 Å². The third-order valence-electron chi connectivity index (χ3n) is 5.85. The Bertz CT molecular complexity index is 1470. The fourth-order valence-corrected chi connectivity index (χ4v) is 6.58. The Labute approximate surface area is 207 Å². The number of terminal acetylenes is 1. The van der Waals surface area contributed by atoms with Crippen LogP contribution in [0.4, 0.5) is 0 Å². The first-order valence-corrected chi connectivity index (χ1v) is 13.5. The summed E-state index contributed by atoms with van der Waals surface area (Å²) in [4.78, 5) is 29.6. The molecule has 3 aromatic rings. The van der Waals surface area contributed by atoms with E-state index in [4.69, 9.17) is 11.2 Å². The number of fused-ring (bicyclic) bond motifs is 1. The van der Waals surface area contributed by atoms with Crippen LogP contribution in [0.25, 0.3) is 10.2 Å². The molecule has 0 spiro atoms. The highest BCUT2D eigenvalue weighted by Gasteiger charge is 2.25. The molecule has 1 saturated heterocycles. The van der Waals surface area contributed by atoms with Crippen molar-refractivity contribution < 1.29 is 22.7 Å². The van der Waals surface area contributed by atoms with Crippen molar-refractivity contribution in [3.63, 3.8) is 0 Å². The van der Waals surface area contributed by atoms with E-state index in [1.165, 1.54) is 47.0 Å². The molecule has 2 heterocycles. The lowest BCUT2D eigenvalue weighted by molar-refractivity contribution is 0.0600. The number of sulfonamides is 1. The van der Waals surface area contributed by atoms with E-state index in [2.05, 4.69) is 10.9 Å². The minimum Gasteiger partial charge on any atom is -0.465 e. The molecule has 35 heavy (non-hydrogen) atoms. The van der Waals surface area contributed by atoms with Crippen molar-refractivity contribution in [1.29, 1.82) is 0 Å². The van der Waals surface area contributed by atoms with Gasteiger partial charge < -0.3 is 9.30 Å². The molecule has 0 aliphatic carbocycles. The number of amides is 1. The van der Waals surface area contributed by atoms with Gasteiger partial charge in [-0.05, 0) is 55.3 Å². The van der Waals surface area contributed by atoms with E-state index in [0.29, 0.717) is 23.5 Å². The number of hydrogen-bond acceptors (Lipinski definition) is 6. The van der Waals surface area contributed by atoms with Crippen molar-refractivity contribution >= 4 is 43.5 Å². The van der Waals surface area contributed by atoms with E-state index in [0.717, 1.165) is 35.9 Å². The number of rotatable bonds is 5. The summed E-state index contributed by atoms with van der Waals surface area (Å²) in [5, 5.41) is 0. The normalized spacial score (nSPS) is 15.5. The number of esters is 1. The largest absolute Gasteiger partial charge is 0.465 e. The van der Waals surface area contributed by atoms with Gasteiger partial charge in [-0.25, -0.2) is 13.2 Å². The van der Waals surface area contributed by atoms with Gasteiger partial charge in [0.05, 0.1) is 34.3 Å². The molecule has 1 amide bonds. The lowest BCUT2D eigenvalue weighted by Crippen LogP contribution is -2.31. The average Bonchev–Trinajstić information content (AvgIpc) is 3.03. The molecule has 4 rings (SSSR count). The maximum Gasteiger partial charge on any atom is 0.337 e. The van der Waals surface area contributed by atoms with Gasteiger partial charge in [0, 0.05) is 18.7 Å². The molecule has 1 aliphatic rings. The first kappa shape index (κ1) is 24.9. The molecule has 2 aromatic carbocycles. The van der Waals surface area contributed by atoms with Crippen LogP contribution in [-0.4, -0.2) is 49.4 Å². The van der Waals surface area contributed by atoms with E-state index in [9.17, 15) is 18.0 Å². The van der Waals surface area contributed by atoms with Crippen molar-refractivity contribution in [3.8, 4) is 12.3 Å². The zero-order valence-corrected chi connectivity index (χ0v) is 20.9. The van der Waals surface area contributed by atoms with Gasteiger partial charge in [0.25, 0.3) is 5.91 Å². The number of methoxy groups -OCH3 is 1. The molecule has 0 saturated carbocycles. The smallest absolute Gasteiger partial charge is 0.337 e. The summed E-state index contributed by atoms with van der Waals surface area (Å²) in [5.41, 5.74) is 1.39. The van der Waals surface area contributed by atoms with E-state index in [1.54, 1.807) is 22.8 Å². The summed E-state index contributed by atoms with van der Waals surface area (Å²) in [6.45, 7) is 1.21. The summed E-state index contributed by atoms with van der Waals surface area (Å²) in [7, 11) is -2.29. The maximum absolute atomic E-state index is 13.0. The first-order chi connectivity index (χ1) is 16.8. The number of thiazole rings is 1. The van der Waals surface area contributed by atoms with Crippen LogP contribution in [0.1, 0.15) is 46.4 Å². The first-order valence-electron chi connectivity index (χ1n) is 11.2. The number of hydrogen-bond donors (Lipinski definition) is 0. The summed E-state index contributed by atoms with van der Waals surface area (Å²) in [6.07, 6.45) is 9.28. The highest BCUT2D eigenvalue weighted by atomic mass is 32.2. The standard InChI is InChI=1S/C25H25N3O5S2/c1-3-14-28-21-13-10-19(24(30)33-2)17-22(21)34-25(28)26-23(29)18-8-11-20(12-9-18)35(31,32)27-15-6-4-5-7-16-27/h1,8-13,17H,4-7,14-16H2,2H3. The number of benzene rings is 2. The van der Waals surface area contributed by atoms with Crippen molar-refractivity contribution in [2.24, 2.45) is 4.99 Å². The van der Waals surface area contributed by atoms with Crippen LogP contribution in [0.3, 0.4) is 0 Å². The van der Waals surface area contributed by atoms with Crippen molar-refractivity contribution in [3.05, 3.63) is 58.4 Å². The van der Waals surface area contributed by atoms with Crippen LogP contribution in [0.15, 0.2) is 52.4 Å². The Morgan fingerprint density at radius 3 is 2.34 bits per heavy atom. The molecule has 0 radical (unpaired) electrons. The Morgan fingerprint density at radius 1 is 1.06 bits per heavy atom. The number of ether oxygens (including phenoxy) is 1. The van der Waals surface area contributed by atoms with Gasteiger partial charge in [-0.1, -0.05) is 30.1 Å². The second-order valence-electron chi connectivity index (χ2n) is 8.11. The third-order valence-corrected chi connectivity index (χ3v) is 8.81. The predicted molar refractivity (Wildman–Crippen MR) is 134 cm³/mol. The summed E-state index contributed by atoms with van der Waals surface area (Å²) < 4.78 is 34.7. The lowest BCUT2D eigenvalue weighted by atomic mass is 10.2. The molecule has 10 heteroatoms. The zero-order valence-electron chi connectivity index (χ0n) is 19.3. The Kier molecular flexibility index (Phi) is 7.50. The number of nitrogens with zero attached hydrogens (tertiary/aromatic N) is 3. The summed E-state index contributed by atoms with van der Waals surface area (Å²) in [6, 6.07) is 10.9. The fourth-order valence-electron chi connectivity index (χ4n) is 4.00. The molecule has 8 nitrogen and oxygen atoms in total. The van der Waals surface area contributed by atoms with Crippen LogP contribution in [-0.2, 0) is 21.3 Å². The molecule has 182 valence electrons. The Balaban J connectivity index is 1.65. The van der Waals surface area contributed by atoms with Crippen LogP contribution in [0, 0.1) is 12.3 Å². The fraction of sp³-hybridized carbons (Fsp3) is 0.320. The quantitative estimate of drug-likeness (QED) is 0.386. The monoisotopic (exact) mass is 511 g/mol. The molecular formula is C25H25N3O5S2. The molecule has 1 fully saturated rings. The van der Waals surface area contributed by atoms with Gasteiger partial charge >= 0.3 is 5.97 Å².